The quantitative estimate of drug-likeness (QED) is 0.859. The molecular weight excluding hydrogens is 246 g/mol. The van der Waals surface area contributed by atoms with Crippen LogP contribution in [0.2, 0.25) is 0 Å². The van der Waals surface area contributed by atoms with Gasteiger partial charge in [0.2, 0.25) is 0 Å². The molecule has 0 aliphatic rings. The van der Waals surface area contributed by atoms with Crippen LogP contribution >= 0.6 is 0 Å². The van der Waals surface area contributed by atoms with Crippen LogP contribution in [-0.2, 0) is 6.42 Å². The lowest BCUT2D eigenvalue weighted by Gasteiger charge is -2.23. The Morgan fingerprint density at radius 1 is 1.21 bits per heavy atom. The lowest BCUT2D eigenvalue weighted by Crippen LogP contribution is -2.25. The Morgan fingerprint density at radius 3 is 2.16 bits per heavy atom. The molecule has 0 aliphatic heterocycles. The first-order valence-electron chi connectivity index (χ1n) is 6.79. The van der Waals surface area contributed by atoms with Gasteiger partial charge in [0.25, 0.3) is 0 Å². The third-order valence-electron chi connectivity index (χ3n) is 3.12. The Morgan fingerprint density at radius 2 is 1.74 bits per heavy atom. The van der Waals surface area contributed by atoms with Gasteiger partial charge in [0.15, 0.2) is 0 Å². The summed E-state index contributed by atoms with van der Waals surface area (Å²) in [5.74, 6) is -0.681. The molecule has 0 fully saturated rings. The van der Waals surface area contributed by atoms with Gasteiger partial charge in [-0.05, 0) is 36.5 Å². The maximum absolute atomic E-state index is 14.0. The van der Waals surface area contributed by atoms with E-state index in [4.69, 9.17) is 5.73 Å². The summed E-state index contributed by atoms with van der Waals surface area (Å²) in [6, 6.07) is 2.73. The molecule has 1 rings (SSSR count). The monoisotopic (exact) mass is 270 g/mol. The molecule has 1 unspecified atom stereocenters. The zero-order valence-electron chi connectivity index (χ0n) is 12.2. The number of nitrogens with two attached hydrogens (primary N) is 1. The van der Waals surface area contributed by atoms with Crippen LogP contribution in [-0.4, -0.2) is 19.6 Å². The van der Waals surface area contributed by atoms with Crippen molar-refractivity contribution in [3.8, 4) is 0 Å². The third-order valence-corrected chi connectivity index (χ3v) is 3.12. The van der Waals surface area contributed by atoms with E-state index in [2.05, 4.69) is 0 Å². The van der Waals surface area contributed by atoms with E-state index in [-0.39, 0.29) is 11.7 Å². The van der Waals surface area contributed by atoms with Gasteiger partial charge in [-0.2, -0.15) is 0 Å². The molecule has 2 nitrogen and oxygen atoms in total. The van der Waals surface area contributed by atoms with Crippen molar-refractivity contribution in [3.05, 3.63) is 29.3 Å². The minimum Gasteiger partial charge on any atom is -0.370 e. The van der Waals surface area contributed by atoms with Gasteiger partial charge in [0.05, 0.1) is 0 Å². The van der Waals surface area contributed by atoms with Gasteiger partial charge in [-0.3, -0.25) is 0 Å². The van der Waals surface area contributed by atoms with Crippen molar-refractivity contribution in [2.24, 2.45) is 11.7 Å². The zero-order chi connectivity index (χ0) is 14.6. The fourth-order valence-electron chi connectivity index (χ4n) is 2.19. The van der Waals surface area contributed by atoms with E-state index in [9.17, 15) is 8.78 Å². The maximum atomic E-state index is 14.0. The second kappa shape index (κ2) is 6.85. The highest BCUT2D eigenvalue weighted by Crippen LogP contribution is 2.25. The van der Waals surface area contributed by atoms with Gasteiger partial charge in [0, 0.05) is 19.6 Å². The fourth-order valence-corrected chi connectivity index (χ4v) is 2.19. The van der Waals surface area contributed by atoms with Gasteiger partial charge < -0.3 is 10.6 Å². The number of rotatable bonds is 6. The lowest BCUT2D eigenvalue weighted by atomic mass is 10.0. The van der Waals surface area contributed by atoms with Crippen LogP contribution in [0.15, 0.2) is 12.1 Å². The molecular formula is C15H24F2N2. The van der Waals surface area contributed by atoms with Crippen molar-refractivity contribution >= 4 is 5.69 Å². The topological polar surface area (TPSA) is 29.3 Å². The summed E-state index contributed by atoms with van der Waals surface area (Å²) in [4.78, 5) is 1.62. The van der Waals surface area contributed by atoms with E-state index in [0.29, 0.717) is 24.4 Å². The summed E-state index contributed by atoms with van der Waals surface area (Å²) < 4.78 is 28.1. The molecule has 4 heteroatoms. The molecule has 0 radical (unpaired) electrons. The fraction of sp³-hybridized carbons (Fsp3) is 0.600. The molecule has 0 bridgehead atoms. The van der Waals surface area contributed by atoms with Crippen LogP contribution < -0.4 is 10.6 Å². The van der Waals surface area contributed by atoms with Crippen molar-refractivity contribution in [1.29, 1.82) is 0 Å². The molecule has 0 saturated carbocycles. The number of benzene rings is 1. The Labute approximate surface area is 114 Å². The van der Waals surface area contributed by atoms with Crippen molar-refractivity contribution < 1.29 is 8.78 Å². The smallest absolute Gasteiger partial charge is 0.149 e. The molecule has 1 aromatic rings. The van der Waals surface area contributed by atoms with Gasteiger partial charge in [-0.25, -0.2) is 8.78 Å². The van der Waals surface area contributed by atoms with E-state index < -0.39 is 11.6 Å². The molecule has 0 spiro atoms. The lowest BCUT2D eigenvalue weighted by molar-refractivity contribution is 0.554. The molecule has 19 heavy (non-hydrogen) atoms. The molecule has 0 aromatic heterocycles. The maximum Gasteiger partial charge on any atom is 0.149 e. The van der Waals surface area contributed by atoms with Crippen LogP contribution in [0.5, 0.6) is 0 Å². The highest BCUT2D eigenvalue weighted by molar-refractivity contribution is 5.50. The summed E-state index contributed by atoms with van der Waals surface area (Å²) >= 11 is 0. The van der Waals surface area contributed by atoms with Crippen LogP contribution in [0.25, 0.3) is 0 Å². The summed E-state index contributed by atoms with van der Waals surface area (Å²) in [5, 5.41) is 0. The third kappa shape index (κ3) is 4.46. The van der Waals surface area contributed by atoms with Crippen molar-refractivity contribution in [2.45, 2.75) is 39.7 Å². The second-order valence-electron chi connectivity index (χ2n) is 5.55. The largest absolute Gasteiger partial charge is 0.370 e. The SMILES string of the molecule is CCC(N)Cc1cc(F)c(N(C)CC(C)C)c(F)c1. The average molecular weight is 270 g/mol. The van der Waals surface area contributed by atoms with E-state index >= 15 is 0 Å². The van der Waals surface area contributed by atoms with Crippen LogP contribution in [0.4, 0.5) is 14.5 Å². The summed E-state index contributed by atoms with van der Waals surface area (Å²) in [5.41, 5.74) is 6.47. The van der Waals surface area contributed by atoms with E-state index in [1.165, 1.54) is 12.1 Å². The van der Waals surface area contributed by atoms with Crippen LogP contribution in [0.3, 0.4) is 0 Å². The van der Waals surface area contributed by atoms with E-state index in [1.54, 1.807) is 11.9 Å². The minimum atomic E-state index is -0.513. The number of nitrogens with zero attached hydrogens (tertiary/aromatic N) is 1. The molecule has 108 valence electrons. The second-order valence-corrected chi connectivity index (χ2v) is 5.55. The van der Waals surface area contributed by atoms with Crippen molar-refractivity contribution in [2.75, 3.05) is 18.5 Å². The molecule has 2 N–H and O–H groups in total. The molecule has 0 heterocycles. The average Bonchev–Trinajstić information content (AvgIpc) is 2.26. The molecule has 1 aromatic carbocycles. The standard InChI is InChI=1S/C15H24F2N2/c1-5-12(18)6-11-7-13(16)15(14(17)8-11)19(4)9-10(2)3/h7-8,10,12H,5-6,9,18H2,1-4H3. The Balaban J connectivity index is 2.97. The van der Waals surface area contributed by atoms with Crippen molar-refractivity contribution in [3.63, 3.8) is 0 Å². The molecule has 0 aliphatic carbocycles. The normalized spacial score (nSPS) is 12.8. The first kappa shape index (κ1) is 15.9. The number of hydrogen-bond donors (Lipinski definition) is 1. The van der Waals surface area contributed by atoms with Gasteiger partial charge in [0.1, 0.15) is 17.3 Å². The zero-order valence-corrected chi connectivity index (χ0v) is 12.2. The summed E-state index contributed by atoms with van der Waals surface area (Å²) in [6.07, 6.45) is 1.29. The molecule has 0 saturated heterocycles. The van der Waals surface area contributed by atoms with E-state index in [0.717, 1.165) is 6.42 Å². The minimum absolute atomic E-state index is 0.0440. The van der Waals surface area contributed by atoms with Gasteiger partial charge in [-0.1, -0.05) is 20.8 Å². The van der Waals surface area contributed by atoms with Gasteiger partial charge in [-0.15, -0.1) is 0 Å². The number of halogens is 2. The molecule has 1 atom stereocenters. The van der Waals surface area contributed by atoms with Crippen LogP contribution in [0.1, 0.15) is 32.8 Å². The summed E-state index contributed by atoms with van der Waals surface area (Å²) in [7, 11) is 1.71. The van der Waals surface area contributed by atoms with Crippen LogP contribution in [0, 0.1) is 17.6 Å². The Hall–Kier alpha value is -1.16. The van der Waals surface area contributed by atoms with E-state index in [1.807, 2.05) is 20.8 Å². The Bertz CT molecular complexity index is 396. The predicted molar refractivity (Wildman–Crippen MR) is 76.4 cm³/mol. The number of hydrogen-bond acceptors (Lipinski definition) is 2. The number of anilines is 1. The first-order valence-corrected chi connectivity index (χ1v) is 6.79. The highest BCUT2D eigenvalue weighted by Gasteiger charge is 2.16. The Kier molecular flexibility index (Phi) is 5.73. The summed E-state index contributed by atoms with van der Waals surface area (Å²) in [6.45, 7) is 6.60. The molecule has 0 amide bonds. The highest BCUT2D eigenvalue weighted by atomic mass is 19.1. The first-order chi connectivity index (χ1) is 8.85. The van der Waals surface area contributed by atoms with Gasteiger partial charge >= 0.3 is 0 Å². The van der Waals surface area contributed by atoms with Crippen molar-refractivity contribution in [1.82, 2.24) is 0 Å². The predicted octanol–water partition coefficient (Wildman–Crippen LogP) is 3.34.